The molecule has 0 radical (unpaired) electrons. The number of nitrogens with one attached hydrogen (secondary N) is 1. The van der Waals surface area contributed by atoms with Crippen LogP contribution < -0.4 is 5.32 Å². The average molecular weight is 378 g/mol. The molecule has 8 heteroatoms. The molecule has 0 bridgehead atoms. The Hall–Kier alpha value is -2.35. The van der Waals surface area contributed by atoms with E-state index in [0.29, 0.717) is 5.56 Å². The summed E-state index contributed by atoms with van der Waals surface area (Å²) in [6.07, 6.45) is 0. The van der Waals surface area contributed by atoms with E-state index in [2.05, 4.69) is 26.1 Å². The molecular weight excluding hydrogens is 356 g/mol. The van der Waals surface area contributed by atoms with Gasteiger partial charge in [-0.3, -0.25) is 19.3 Å². The second-order valence-electron chi connectivity index (χ2n) is 6.85. The number of carbonyl (C=O) groups excluding carboxylic acids is 4. The lowest BCUT2D eigenvalue weighted by Crippen LogP contribution is -2.38. The molecule has 1 saturated heterocycles. The summed E-state index contributed by atoms with van der Waals surface area (Å²) in [4.78, 5) is 47.6. The van der Waals surface area contributed by atoms with Crippen LogP contribution in [0.25, 0.3) is 0 Å². The van der Waals surface area contributed by atoms with Crippen LogP contribution >= 0.6 is 11.8 Å². The van der Waals surface area contributed by atoms with E-state index in [0.717, 1.165) is 22.2 Å². The van der Waals surface area contributed by atoms with Crippen molar-refractivity contribution in [3.63, 3.8) is 0 Å². The van der Waals surface area contributed by atoms with E-state index < -0.39 is 18.5 Å². The summed E-state index contributed by atoms with van der Waals surface area (Å²) < 4.78 is 4.98. The number of carbonyl (C=O) groups is 4. The highest BCUT2D eigenvalue weighted by Crippen LogP contribution is 2.22. The summed E-state index contributed by atoms with van der Waals surface area (Å²) in [5.74, 6) is -1.20. The Morgan fingerprint density at radius 2 is 1.85 bits per heavy atom. The zero-order chi connectivity index (χ0) is 19.3. The highest BCUT2D eigenvalue weighted by Gasteiger charge is 2.29. The molecule has 2 rings (SSSR count). The highest BCUT2D eigenvalue weighted by molar-refractivity contribution is 8.14. The number of ether oxygens (including phenoxy) is 1. The molecule has 1 aliphatic rings. The molecule has 1 aromatic rings. The van der Waals surface area contributed by atoms with Crippen LogP contribution in [0.3, 0.4) is 0 Å². The lowest BCUT2D eigenvalue weighted by Gasteiger charge is -2.18. The Bertz CT molecular complexity index is 693. The van der Waals surface area contributed by atoms with Crippen LogP contribution in [0.1, 0.15) is 36.7 Å². The summed E-state index contributed by atoms with van der Waals surface area (Å²) in [6.45, 7) is 6.04. The Morgan fingerprint density at radius 1 is 1.19 bits per heavy atom. The zero-order valence-electron chi connectivity index (χ0n) is 15.0. The van der Waals surface area contributed by atoms with Crippen molar-refractivity contribution in [1.82, 2.24) is 10.2 Å². The van der Waals surface area contributed by atoms with Gasteiger partial charge < -0.3 is 10.1 Å². The van der Waals surface area contributed by atoms with Crippen molar-refractivity contribution in [2.45, 2.75) is 26.2 Å². The van der Waals surface area contributed by atoms with Crippen molar-refractivity contribution in [2.75, 3.05) is 25.4 Å². The summed E-state index contributed by atoms with van der Waals surface area (Å²) >= 11 is 0.942. The number of thioether (sulfide) groups is 1. The zero-order valence-corrected chi connectivity index (χ0v) is 15.9. The van der Waals surface area contributed by atoms with Crippen molar-refractivity contribution in [2.24, 2.45) is 0 Å². The van der Waals surface area contributed by atoms with Crippen LogP contribution in [0, 0.1) is 0 Å². The van der Waals surface area contributed by atoms with Gasteiger partial charge >= 0.3 is 5.97 Å². The molecule has 0 aliphatic carbocycles. The SMILES string of the molecule is CC(C)(C)c1ccc(C(=O)OCC(=O)NCCN2C(=O)CSC2=O)cc1. The molecule has 0 saturated carbocycles. The van der Waals surface area contributed by atoms with Crippen LogP contribution in [0.5, 0.6) is 0 Å². The van der Waals surface area contributed by atoms with E-state index in [1.54, 1.807) is 12.1 Å². The fourth-order valence-electron chi connectivity index (χ4n) is 2.28. The average Bonchev–Trinajstić information content (AvgIpc) is 2.91. The molecule has 0 unspecified atom stereocenters. The predicted octanol–water partition coefficient (Wildman–Crippen LogP) is 1.95. The minimum atomic E-state index is -0.582. The minimum absolute atomic E-state index is 0.0149. The molecule has 1 fully saturated rings. The Balaban J connectivity index is 1.74. The Labute approximate surface area is 156 Å². The number of rotatable bonds is 6. The standard InChI is InChI=1S/C18H22N2O5S/c1-18(2,3)13-6-4-12(5-7-13)16(23)25-10-14(21)19-8-9-20-15(22)11-26-17(20)24/h4-7H,8-11H2,1-3H3,(H,19,21). The Kier molecular flexibility index (Phi) is 6.42. The molecule has 0 atom stereocenters. The largest absolute Gasteiger partial charge is 0.452 e. The van der Waals surface area contributed by atoms with Gasteiger partial charge in [0.1, 0.15) is 0 Å². The van der Waals surface area contributed by atoms with Gasteiger partial charge in [-0.25, -0.2) is 4.79 Å². The van der Waals surface area contributed by atoms with E-state index in [4.69, 9.17) is 4.74 Å². The third-order valence-electron chi connectivity index (χ3n) is 3.82. The first kappa shape index (κ1) is 20.0. The number of hydrogen-bond acceptors (Lipinski definition) is 6. The first-order valence-corrected chi connectivity index (χ1v) is 9.18. The summed E-state index contributed by atoms with van der Waals surface area (Å²) in [7, 11) is 0. The van der Waals surface area contributed by atoms with Crippen LogP contribution in [0.4, 0.5) is 4.79 Å². The van der Waals surface area contributed by atoms with Gasteiger partial charge in [-0.15, -0.1) is 0 Å². The molecule has 140 valence electrons. The van der Waals surface area contributed by atoms with Crippen LogP contribution in [-0.2, 0) is 19.7 Å². The van der Waals surface area contributed by atoms with Crippen LogP contribution in [-0.4, -0.2) is 53.4 Å². The molecule has 1 N–H and O–H groups in total. The summed E-state index contributed by atoms with van der Waals surface area (Å²) in [5.41, 5.74) is 1.45. The maximum Gasteiger partial charge on any atom is 0.338 e. The van der Waals surface area contributed by atoms with E-state index in [9.17, 15) is 19.2 Å². The van der Waals surface area contributed by atoms with Crippen molar-refractivity contribution >= 4 is 34.8 Å². The van der Waals surface area contributed by atoms with Crippen molar-refractivity contribution < 1.29 is 23.9 Å². The molecule has 0 spiro atoms. The highest BCUT2D eigenvalue weighted by atomic mass is 32.2. The number of imide groups is 1. The fourth-order valence-corrected chi connectivity index (χ4v) is 3.03. The summed E-state index contributed by atoms with van der Waals surface area (Å²) in [5, 5.41) is 2.20. The lowest BCUT2D eigenvalue weighted by molar-refractivity contribution is -0.126. The van der Waals surface area contributed by atoms with Gasteiger partial charge in [0, 0.05) is 13.1 Å². The van der Waals surface area contributed by atoms with E-state index >= 15 is 0 Å². The summed E-state index contributed by atoms with van der Waals surface area (Å²) in [6, 6.07) is 7.06. The van der Waals surface area contributed by atoms with Gasteiger partial charge in [0.05, 0.1) is 11.3 Å². The smallest absolute Gasteiger partial charge is 0.338 e. The van der Waals surface area contributed by atoms with Gasteiger partial charge in [0.2, 0.25) is 5.91 Å². The molecule has 3 amide bonds. The monoisotopic (exact) mass is 378 g/mol. The van der Waals surface area contributed by atoms with Crippen molar-refractivity contribution in [1.29, 1.82) is 0 Å². The Morgan fingerprint density at radius 3 is 2.38 bits per heavy atom. The topological polar surface area (TPSA) is 92.8 Å². The maximum absolute atomic E-state index is 12.0. The molecule has 7 nitrogen and oxygen atoms in total. The number of nitrogens with zero attached hydrogens (tertiary/aromatic N) is 1. The number of esters is 1. The molecule has 1 heterocycles. The number of benzene rings is 1. The van der Waals surface area contributed by atoms with Gasteiger partial charge in [-0.05, 0) is 23.1 Å². The van der Waals surface area contributed by atoms with Crippen molar-refractivity contribution in [3.8, 4) is 0 Å². The van der Waals surface area contributed by atoms with E-state index in [1.165, 1.54) is 0 Å². The molecule has 1 aromatic carbocycles. The molecule has 1 aliphatic heterocycles. The maximum atomic E-state index is 12.0. The van der Waals surface area contributed by atoms with E-state index in [1.807, 2.05) is 12.1 Å². The first-order chi connectivity index (χ1) is 12.2. The van der Waals surface area contributed by atoms with E-state index in [-0.39, 0.29) is 35.4 Å². The lowest BCUT2D eigenvalue weighted by atomic mass is 9.87. The van der Waals surface area contributed by atoms with Gasteiger partial charge in [-0.2, -0.15) is 0 Å². The second kappa shape index (κ2) is 8.35. The fraction of sp³-hybridized carbons (Fsp3) is 0.444. The van der Waals surface area contributed by atoms with Gasteiger partial charge in [-0.1, -0.05) is 44.7 Å². The van der Waals surface area contributed by atoms with Crippen LogP contribution in [0.2, 0.25) is 0 Å². The quantitative estimate of drug-likeness (QED) is 0.761. The minimum Gasteiger partial charge on any atom is -0.452 e. The third kappa shape index (κ3) is 5.32. The molecule has 0 aromatic heterocycles. The van der Waals surface area contributed by atoms with Gasteiger partial charge in [0.25, 0.3) is 11.1 Å². The normalized spacial score (nSPS) is 14.5. The predicted molar refractivity (Wildman–Crippen MR) is 98.0 cm³/mol. The molecular formula is C18H22N2O5S. The third-order valence-corrected chi connectivity index (χ3v) is 4.68. The van der Waals surface area contributed by atoms with Crippen LogP contribution in [0.15, 0.2) is 24.3 Å². The first-order valence-electron chi connectivity index (χ1n) is 8.20. The number of hydrogen-bond donors (Lipinski definition) is 1. The van der Waals surface area contributed by atoms with Crippen molar-refractivity contribution in [3.05, 3.63) is 35.4 Å². The number of amides is 3. The van der Waals surface area contributed by atoms with Gasteiger partial charge in [0.15, 0.2) is 6.61 Å². The molecule has 26 heavy (non-hydrogen) atoms. The second-order valence-corrected chi connectivity index (χ2v) is 7.78.